The molecule has 0 aliphatic rings. The van der Waals surface area contributed by atoms with Crippen LogP contribution in [0.2, 0.25) is 0 Å². The summed E-state index contributed by atoms with van der Waals surface area (Å²) in [5.41, 5.74) is 1.67. The number of thioether (sulfide) groups is 1. The second kappa shape index (κ2) is 9.77. The number of aliphatic carboxylic acids is 1. The van der Waals surface area contributed by atoms with Crippen molar-refractivity contribution in [1.82, 2.24) is 10.2 Å². The first-order chi connectivity index (χ1) is 16.9. The Balaban J connectivity index is 1.68. The number of alkyl halides is 3. The number of carboxylic acids is 1. The van der Waals surface area contributed by atoms with E-state index in [9.17, 15) is 23.1 Å². The van der Waals surface area contributed by atoms with Crippen molar-refractivity contribution in [3.05, 3.63) is 83.6 Å². The van der Waals surface area contributed by atoms with Gasteiger partial charge in [0.1, 0.15) is 11.5 Å². The van der Waals surface area contributed by atoms with Crippen LogP contribution in [0, 0.1) is 6.92 Å². The lowest BCUT2D eigenvalue weighted by molar-refractivity contribution is -0.274. The fourth-order valence-corrected chi connectivity index (χ4v) is 4.84. The molecule has 0 spiro atoms. The standard InChI is InChI=1S/C26H23F3N2O4S/c1-15-14-18(12-13-21(15)35-25(2,3)24(32)33)36-23(22-19-6-4-5-7-20(19)30-31-22)16-8-10-17(11-9-16)34-26(27,28)29/h4-14,23H,1-3H3,(H,30,31)(H,32,33). The van der Waals surface area contributed by atoms with Crippen molar-refractivity contribution < 1.29 is 32.5 Å². The van der Waals surface area contributed by atoms with E-state index in [2.05, 4.69) is 14.9 Å². The molecular weight excluding hydrogens is 493 g/mol. The molecular formula is C26H23F3N2O4S. The molecule has 0 amide bonds. The van der Waals surface area contributed by atoms with E-state index in [4.69, 9.17) is 4.74 Å². The van der Waals surface area contributed by atoms with Gasteiger partial charge in [-0.3, -0.25) is 5.10 Å². The van der Waals surface area contributed by atoms with Crippen LogP contribution in [-0.2, 0) is 4.79 Å². The third-order valence-corrected chi connectivity index (χ3v) is 6.72. The second-order valence-electron chi connectivity index (χ2n) is 8.61. The van der Waals surface area contributed by atoms with Gasteiger partial charge in [-0.1, -0.05) is 30.3 Å². The third kappa shape index (κ3) is 5.76. The van der Waals surface area contributed by atoms with Crippen LogP contribution in [0.25, 0.3) is 10.9 Å². The number of aromatic nitrogens is 2. The molecule has 0 saturated heterocycles. The summed E-state index contributed by atoms with van der Waals surface area (Å²) in [4.78, 5) is 12.3. The molecule has 1 heterocycles. The fourth-order valence-electron chi connectivity index (χ4n) is 3.58. The number of H-pyrrole nitrogens is 1. The van der Waals surface area contributed by atoms with Crippen LogP contribution < -0.4 is 9.47 Å². The van der Waals surface area contributed by atoms with Crippen LogP contribution in [0.3, 0.4) is 0 Å². The summed E-state index contributed by atoms with van der Waals surface area (Å²) >= 11 is 1.47. The summed E-state index contributed by atoms with van der Waals surface area (Å²) in [6.45, 7) is 4.77. The lowest BCUT2D eigenvalue weighted by atomic mass is 10.1. The van der Waals surface area contributed by atoms with E-state index in [1.165, 1.54) is 37.7 Å². The Hall–Kier alpha value is -3.66. The van der Waals surface area contributed by atoms with Gasteiger partial charge in [0.15, 0.2) is 5.60 Å². The number of carboxylic acid groups (broad SMARTS) is 1. The lowest BCUT2D eigenvalue weighted by Gasteiger charge is -2.23. The summed E-state index contributed by atoms with van der Waals surface area (Å²) in [6.07, 6.45) is -4.77. The highest BCUT2D eigenvalue weighted by atomic mass is 32.2. The predicted molar refractivity (Wildman–Crippen MR) is 130 cm³/mol. The van der Waals surface area contributed by atoms with Crippen LogP contribution in [0.1, 0.15) is 35.9 Å². The molecule has 4 aromatic rings. The Morgan fingerprint density at radius 1 is 1.03 bits per heavy atom. The van der Waals surface area contributed by atoms with Gasteiger partial charge < -0.3 is 14.6 Å². The minimum atomic E-state index is -4.77. The van der Waals surface area contributed by atoms with Gasteiger partial charge >= 0.3 is 12.3 Å². The number of halogens is 3. The molecule has 0 aliphatic heterocycles. The molecule has 36 heavy (non-hydrogen) atoms. The summed E-state index contributed by atoms with van der Waals surface area (Å²) < 4.78 is 47.6. The predicted octanol–water partition coefficient (Wildman–Crippen LogP) is 6.89. The zero-order valence-electron chi connectivity index (χ0n) is 19.6. The molecule has 0 aliphatic carbocycles. The van der Waals surface area contributed by atoms with Crippen LogP contribution in [0.4, 0.5) is 13.2 Å². The van der Waals surface area contributed by atoms with E-state index in [-0.39, 0.29) is 11.0 Å². The maximum atomic E-state index is 12.6. The van der Waals surface area contributed by atoms with Crippen molar-refractivity contribution in [3.63, 3.8) is 0 Å². The van der Waals surface area contributed by atoms with Crippen LogP contribution >= 0.6 is 11.8 Å². The molecule has 1 unspecified atom stereocenters. The van der Waals surface area contributed by atoms with E-state index in [0.29, 0.717) is 5.75 Å². The van der Waals surface area contributed by atoms with Crippen molar-refractivity contribution in [3.8, 4) is 11.5 Å². The quantitative estimate of drug-likeness (QED) is 0.248. The highest BCUT2D eigenvalue weighted by molar-refractivity contribution is 7.99. The average Bonchev–Trinajstić information content (AvgIpc) is 3.22. The van der Waals surface area contributed by atoms with Gasteiger partial charge in [0.2, 0.25) is 0 Å². The number of nitrogens with zero attached hydrogens (tertiary/aromatic N) is 1. The van der Waals surface area contributed by atoms with Crippen LogP contribution in [0.15, 0.2) is 71.6 Å². The molecule has 1 aromatic heterocycles. The molecule has 2 N–H and O–H groups in total. The minimum absolute atomic E-state index is 0.303. The summed E-state index contributed by atoms with van der Waals surface area (Å²) in [5, 5.41) is 17.4. The van der Waals surface area contributed by atoms with Crippen molar-refractivity contribution in [1.29, 1.82) is 0 Å². The topological polar surface area (TPSA) is 84.4 Å². The molecule has 10 heteroatoms. The number of hydrogen-bond donors (Lipinski definition) is 2. The van der Waals surface area contributed by atoms with E-state index < -0.39 is 17.9 Å². The third-order valence-electron chi connectivity index (χ3n) is 5.45. The maximum Gasteiger partial charge on any atom is 0.573 e. The Morgan fingerprint density at radius 3 is 2.36 bits per heavy atom. The molecule has 0 saturated carbocycles. The molecule has 188 valence electrons. The maximum absolute atomic E-state index is 12.6. The number of aryl methyl sites for hydroxylation is 1. The fraction of sp³-hybridized carbons (Fsp3) is 0.231. The average molecular weight is 517 g/mol. The number of para-hydroxylation sites is 1. The molecule has 1 atom stereocenters. The Morgan fingerprint density at radius 2 is 1.72 bits per heavy atom. The van der Waals surface area contributed by atoms with Crippen LogP contribution in [0.5, 0.6) is 11.5 Å². The number of nitrogens with one attached hydrogen (secondary N) is 1. The molecule has 6 nitrogen and oxygen atoms in total. The number of hydrogen-bond acceptors (Lipinski definition) is 5. The normalized spacial score (nSPS) is 12.9. The Kier molecular flexibility index (Phi) is 6.90. The van der Waals surface area contributed by atoms with Gasteiger partial charge in [-0.05, 0) is 68.3 Å². The highest BCUT2D eigenvalue weighted by Crippen LogP contribution is 2.43. The molecule has 4 rings (SSSR count). The minimum Gasteiger partial charge on any atom is -0.478 e. The largest absolute Gasteiger partial charge is 0.573 e. The van der Waals surface area contributed by atoms with E-state index in [0.717, 1.165) is 32.6 Å². The first-order valence-corrected chi connectivity index (χ1v) is 11.8. The zero-order valence-corrected chi connectivity index (χ0v) is 20.4. The van der Waals surface area contributed by atoms with Gasteiger partial charge in [0.25, 0.3) is 0 Å². The van der Waals surface area contributed by atoms with Gasteiger partial charge in [-0.2, -0.15) is 5.10 Å². The number of fused-ring (bicyclic) bond motifs is 1. The number of ether oxygens (including phenoxy) is 2. The lowest BCUT2D eigenvalue weighted by Crippen LogP contribution is -2.38. The van der Waals surface area contributed by atoms with Crippen molar-refractivity contribution >= 4 is 28.6 Å². The molecule has 0 radical (unpaired) electrons. The number of benzene rings is 3. The summed E-state index contributed by atoms with van der Waals surface area (Å²) in [7, 11) is 0. The molecule has 0 fully saturated rings. The van der Waals surface area contributed by atoms with Crippen molar-refractivity contribution in [2.75, 3.05) is 0 Å². The number of aromatic amines is 1. The summed E-state index contributed by atoms with van der Waals surface area (Å²) in [5.74, 6) is -0.934. The summed E-state index contributed by atoms with van der Waals surface area (Å²) in [6, 6.07) is 18.7. The Labute approximate surface area is 209 Å². The van der Waals surface area contributed by atoms with Gasteiger partial charge in [-0.15, -0.1) is 24.9 Å². The first kappa shape index (κ1) is 25.4. The Bertz CT molecular complexity index is 1380. The zero-order chi connectivity index (χ0) is 26.1. The highest BCUT2D eigenvalue weighted by Gasteiger charge is 2.32. The van der Waals surface area contributed by atoms with Gasteiger partial charge in [0.05, 0.1) is 16.5 Å². The van der Waals surface area contributed by atoms with Gasteiger partial charge in [0, 0.05) is 10.3 Å². The molecule has 0 bridgehead atoms. The van der Waals surface area contributed by atoms with E-state index >= 15 is 0 Å². The first-order valence-electron chi connectivity index (χ1n) is 10.9. The SMILES string of the molecule is Cc1cc(SC(c2ccc(OC(F)(F)F)cc2)c2[nH]nc3ccccc23)ccc1OC(C)(C)C(=O)O. The van der Waals surface area contributed by atoms with E-state index in [1.807, 2.05) is 43.3 Å². The van der Waals surface area contributed by atoms with Crippen molar-refractivity contribution in [2.45, 2.75) is 42.9 Å². The van der Waals surface area contributed by atoms with E-state index in [1.54, 1.807) is 18.2 Å². The molecule has 3 aromatic carbocycles. The number of rotatable bonds is 8. The smallest absolute Gasteiger partial charge is 0.478 e. The van der Waals surface area contributed by atoms with Crippen LogP contribution in [-0.4, -0.2) is 33.2 Å². The number of carbonyl (C=O) groups is 1. The van der Waals surface area contributed by atoms with Gasteiger partial charge in [-0.25, -0.2) is 4.79 Å². The second-order valence-corrected chi connectivity index (χ2v) is 9.79. The van der Waals surface area contributed by atoms with Crippen molar-refractivity contribution in [2.24, 2.45) is 0 Å². The monoisotopic (exact) mass is 516 g/mol.